The van der Waals surface area contributed by atoms with Crippen LogP contribution in [0, 0.1) is 17.7 Å². The van der Waals surface area contributed by atoms with Gasteiger partial charge >= 0.3 is 0 Å². The van der Waals surface area contributed by atoms with Gasteiger partial charge in [0.1, 0.15) is 11.6 Å². The number of ketones is 1. The minimum absolute atomic E-state index is 0.0536. The van der Waals surface area contributed by atoms with Gasteiger partial charge in [0.05, 0.1) is 29.6 Å². The number of Topliss-reactive ketones (excluding diaryl/α,β-unsaturated/α-hetero) is 1. The smallest absolute Gasteiger partial charge is 0.268 e. The third kappa shape index (κ3) is 4.20. The Kier molecular flexibility index (Phi) is 5.66. The summed E-state index contributed by atoms with van der Waals surface area (Å²) < 4.78 is 20.2. The number of halogens is 1. The molecule has 34 heavy (non-hydrogen) atoms. The van der Waals surface area contributed by atoms with Gasteiger partial charge in [-0.25, -0.2) is 14.4 Å². The zero-order chi connectivity index (χ0) is 24.0. The van der Waals surface area contributed by atoms with Crippen molar-refractivity contribution in [2.75, 3.05) is 43.5 Å². The number of carbonyl (C=O) groups excluding carboxylic acids is 3. The molecule has 3 aliphatic rings. The van der Waals surface area contributed by atoms with Crippen LogP contribution in [0.25, 0.3) is 0 Å². The molecule has 1 saturated carbocycles. The molecule has 9 nitrogen and oxygen atoms in total. The Morgan fingerprint density at radius 2 is 1.79 bits per heavy atom. The normalized spacial score (nSPS) is 20.3. The number of rotatable bonds is 7. The number of hydrogen-bond acceptors (Lipinski definition) is 7. The average Bonchev–Trinajstić information content (AvgIpc) is 3.57. The molecule has 10 heteroatoms. The van der Waals surface area contributed by atoms with Crippen molar-refractivity contribution >= 4 is 29.2 Å². The van der Waals surface area contributed by atoms with Crippen molar-refractivity contribution in [1.29, 1.82) is 0 Å². The molecule has 1 atom stereocenters. The van der Waals surface area contributed by atoms with Crippen molar-refractivity contribution in [2.24, 2.45) is 11.8 Å². The van der Waals surface area contributed by atoms with Gasteiger partial charge in [0.15, 0.2) is 11.9 Å². The molecule has 0 unspecified atom stereocenters. The summed E-state index contributed by atoms with van der Waals surface area (Å²) in [5.41, 5.74) is 0.629. The van der Waals surface area contributed by atoms with Gasteiger partial charge in [-0.2, -0.15) is 0 Å². The minimum atomic E-state index is -0.753. The van der Waals surface area contributed by atoms with E-state index in [0.29, 0.717) is 37.7 Å². The monoisotopic (exact) mass is 467 g/mol. The average molecular weight is 468 g/mol. The number of aromatic nitrogens is 2. The Bertz CT molecular complexity index is 1130. The second-order valence-electron chi connectivity index (χ2n) is 9.24. The maximum Gasteiger partial charge on any atom is 0.268 e. The molecular formula is C24H26FN5O4. The van der Waals surface area contributed by atoms with E-state index < -0.39 is 11.9 Å². The van der Waals surface area contributed by atoms with Crippen LogP contribution < -0.4 is 14.5 Å². The lowest BCUT2D eigenvalue weighted by Gasteiger charge is -2.39. The molecule has 0 bridgehead atoms. The van der Waals surface area contributed by atoms with Crippen LogP contribution in [0.3, 0.4) is 0 Å². The Morgan fingerprint density at radius 1 is 1.09 bits per heavy atom. The molecule has 0 N–H and O–H groups in total. The number of hydrogen-bond donors (Lipinski definition) is 0. The van der Waals surface area contributed by atoms with Gasteiger partial charge in [0.25, 0.3) is 5.91 Å². The highest BCUT2D eigenvalue weighted by atomic mass is 19.1. The molecule has 2 saturated heterocycles. The summed E-state index contributed by atoms with van der Waals surface area (Å²) in [6.07, 6.45) is 4.47. The van der Waals surface area contributed by atoms with Crippen molar-refractivity contribution < 1.29 is 23.5 Å². The second-order valence-corrected chi connectivity index (χ2v) is 9.24. The van der Waals surface area contributed by atoms with E-state index in [9.17, 15) is 18.8 Å². The zero-order valence-corrected chi connectivity index (χ0v) is 19.1. The van der Waals surface area contributed by atoms with E-state index in [1.165, 1.54) is 18.2 Å². The highest BCUT2D eigenvalue weighted by Crippen LogP contribution is 2.34. The van der Waals surface area contributed by atoms with Crippen molar-refractivity contribution in [3.8, 4) is 5.75 Å². The van der Waals surface area contributed by atoms with Crippen LogP contribution in [-0.2, 0) is 9.59 Å². The van der Waals surface area contributed by atoms with Crippen LogP contribution in [0.2, 0.25) is 0 Å². The van der Waals surface area contributed by atoms with Crippen LogP contribution in [0.5, 0.6) is 5.75 Å². The number of benzene rings is 1. The predicted molar refractivity (Wildman–Crippen MR) is 121 cm³/mol. The fourth-order valence-corrected chi connectivity index (χ4v) is 4.30. The van der Waals surface area contributed by atoms with Crippen LogP contribution >= 0.6 is 0 Å². The predicted octanol–water partition coefficient (Wildman–Crippen LogP) is 1.92. The molecule has 178 valence electrons. The fourth-order valence-electron chi connectivity index (χ4n) is 4.30. The maximum absolute atomic E-state index is 14.4. The van der Waals surface area contributed by atoms with Crippen molar-refractivity contribution in [2.45, 2.75) is 25.4 Å². The lowest BCUT2D eigenvalue weighted by atomic mass is 9.99. The summed E-state index contributed by atoms with van der Waals surface area (Å²) in [6, 6.07) is 4.14. The first-order chi connectivity index (χ1) is 16.3. The summed E-state index contributed by atoms with van der Waals surface area (Å²) in [6.45, 7) is 1.56. The van der Waals surface area contributed by atoms with E-state index in [0.717, 1.165) is 12.8 Å². The maximum atomic E-state index is 14.4. The van der Waals surface area contributed by atoms with E-state index in [1.54, 1.807) is 36.3 Å². The standard InChI is InChI=1S/C24H26FN5O4/c1-28(2)22(32)15-12-29(13-15)24-26-10-16(11-27-24)30-8-7-20(23(30)33)34-17-5-6-18(19(25)9-17)21(31)14-3-4-14/h5-6,9-11,14-15,20H,3-4,7-8,12-13H2,1-2H3/t20-/m1/s1. The van der Waals surface area contributed by atoms with Gasteiger partial charge < -0.3 is 19.4 Å². The highest BCUT2D eigenvalue weighted by molar-refractivity contribution is 6.00. The third-order valence-corrected chi connectivity index (χ3v) is 6.48. The fraction of sp³-hybridized carbons (Fsp3) is 0.458. The van der Waals surface area contributed by atoms with Crippen molar-refractivity contribution in [3.63, 3.8) is 0 Å². The van der Waals surface area contributed by atoms with E-state index in [1.807, 2.05) is 4.90 Å². The second kappa shape index (κ2) is 8.66. The van der Waals surface area contributed by atoms with Crippen molar-refractivity contribution in [1.82, 2.24) is 14.9 Å². The molecule has 0 spiro atoms. The first kappa shape index (κ1) is 22.2. The van der Waals surface area contributed by atoms with Gasteiger partial charge in [0.2, 0.25) is 11.9 Å². The molecule has 5 rings (SSSR count). The summed E-state index contributed by atoms with van der Waals surface area (Å²) in [4.78, 5) is 50.8. The Hall–Kier alpha value is -3.56. The lowest BCUT2D eigenvalue weighted by Crippen LogP contribution is -2.54. The van der Waals surface area contributed by atoms with E-state index >= 15 is 0 Å². The van der Waals surface area contributed by atoms with E-state index in [4.69, 9.17) is 4.74 Å². The molecule has 0 radical (unpaired) electrons. The summed E-state index contributed by atoms with van der Waals surface area (Å²) in [5.74, 6) is -0.348. The first-order valence-electron chi connectivity index (χ1n) is 11.4. The van der Waals surface area contributed by atoms with Crippen LogP contribution in [0.15, 0.2) is 30.6 Å². The molecule has 1 aromatic carbocycles. The molecule has 2 aromatic rings. The summed E-state index contributed by atoms with van der Waals surface area (Å²) in [5, 5.41) is 0. The summed E-state index contributed by atoms with van der Waals surface area (Å²) >= 11 is 0. The van der Waals surface area contributed by atoms with E-state index in [2.05, 4.69) is 9.97 Å². The van der Waals surface area contributed by atoms with Gasteiger partial charge in [-0.3, -0.25) is 14.4 Å². The molecule has 1 aromatic heterocycles. The minimum Gasteiger partial charge on any atom is -0.480 e. The number of amides is 2. The van der Waals surface area contributed by atoms with Gasteiger partial charge in [-0.1, -0.05) is 0 Å². The Balaban J connectivity index is 1.19. The van der Waals surface area contributed by atoms with E-state index in [-0.39, 0.29) is 40.7 Å². The molecule has 1 aliphatic carbocycles. The number of carbonyl (C=O) groups is 3. The van der Waals surface area contributed by atoms with Gasteiger partial charge in [0, 0.05) is 52.1 Å². The molecular weight excluding hydrogens is 441 g/mol. The SMILES string of the molecule is CN(C)C(=O)C1CN(c2ncc(N3CC[C@@H](Oc4ccc(C(=O)C5CC5)c(F)c4)C3=O)cn2)C1. The van der Waals surface area contributed by atoms with Gasteiger partial charge in [-0.15, -0.1) is 0 Å². The molecule has 2 aliphatic heterocycles. The Labute approximate surface area is 196 Å². The molecule has 3 heterocycles. The quantitative estimate of drug-likeness (QED) is 0.574. The zero-order valence-electron chi connectivity index (χ0n) is 19.1. The van der Waals surface area contributed by atoms with Crippen LogP contribution in [-0.4, -0.2) is 72.3 Å². The topological polar surface area (TPSA) is 95.9 Å². The third-order valence-electron chi connectivity index (χ3n) is 6.48. The first-order valence-corrected chi connectivity index (χ1v) is 11.4. The largest absolute Gasteiger partial charge is 0.480 e. The number of anilines is 2. The summed E-state index contributed by atoms with van der Waals surface area (Å²) in [7, 11) is 3.48. The van der Waals surface area contributed by atoms with Crippen LogP contribution in [0.1, 0.15) is 29.6 Å². The highest BCUT2D eigenvalue weighted by Gasteiger charge is 2.37. The molecule has 3 fully saturated rings. The van der Waals surface area contributed by atoms with Gasteiger partial charge in [-0.05, 0) is 25.0 Å². The number of ether oxygens (including phenoxy) is 1. The Morgan fingerprint density at radius 3 is 2.41 bits per heavy atom. The molecule has 2 amide bonds. The van der Waals surface area contributed by atoms with Crippen molar-refractivity contribution in [3.05, 3.63) is 42.0 Å². The van der Waals surface area contributed by atoms with Crippen LogP contribution in [0.4, 0.5) is 16.0 Å². The lowest BCUT2D eigenvalue weighted by molar-refractivity contribution is -0.133. The number of nitrogens with zero attached hydrogens (tertiary/aromatic N) is 5.